The van der Waals surface area contributed by atoms with Gasteiger partial charge in [-0.05, 0) is 61.1 Å². The zero-order chi connectivity index (χ0) is 32.6. The Morgan fingerprint density at radius 1 is 0.761 bits per heavy atom. The van der Waals surface area contributed by atoms with Crippen molar-refractivity contribution in [3.8, 4) is 10.7 Å². The van der Waals surface area contributed by atoms with Crippen molar-refractivity contribution in [2.75, 3.05) is 33.0 Å². The van der Waals surface area contributed by atoms with Crippen molar-refractivity contribution in [2.24, 2.45) is 0 Å². The summed E-state index contributed by atoms with van der Waals surface area (Å²) in [4.78, 5) is 11.1. The zero-order valence-corrected chi connectivity index (χ0v) is 29.7. The quantitative estimate of drug-likeness (QED) is 0.104. The lowest BCUT2D eigenvalue weighted by atomic mass is 9.89. The maximum Gasteiger partial charge on any atom is 0.169 e. The monoisotopic (exact) mass is 672 g/mol. The van der Waals surface area contributed by atoms with E-state index in [1.807, 2.05) is 12.1 Å². The van der Waals surface area contributed by atoms with Crippen LogP contribution in [0.1, 0.15) is 101 Å². The molecule has 1 aromatic carbocycles. The van der Waals surface area contributed by atoms with Crippen molar-refractivity contribution < 1.29 is 23.7 Å². The summed E-state index contributed by atoms with van der Waals surface area (Å²) >= 11 is 8.51. The second-order valence-electron chi connectivity index (χ2n) is 12.0. The fourth-order valence-electron chi connectivity index (χ4n) is 5.54. The van der Waals surface area contributed by atoms with Crippen LogP contribution < -0.4 is 0 Å². The molecule has 3 heterocycles. The van der Waals surface area contributed by atoms with Crippen LogP contribution >= 0.6 is 22.9 Å². The van der Waals surface area contributed by atoms with E-state index in [-0.39, 0.29) is 30.5 Å². The predicted octanol–water partition coefficient (Wildman–Crippen LogP) is 9.26. The summed E-state index contributed by atoms with van der Waals surface area (Å²) in [6.45, 7) is 11.8. The first kappa shape index (κ1) is 36.9. The summed E-state index contributed by atoms with van der Waals surface area (Å²) in [5.41, 5.74) is 2.07. The number of ether oxygens (including phenoxy) is 5. The highest BCUT2D eigenvalue weighted by Crippen LogP contribution is 2.39. The lowest BCUT2D eigenvalue weighted by Crippen LogP contribution is -2.58. The van der Waals surface area contributed by atoms with Crippen LogP contribution in [0.2, 0.25) is 5.02 Å². The van der Waals surface area contributed by atoms with Gasteiger partial charge < -0.3 is 23.7 Å². The van der Waals surface area contributed by atoms with E-state index < -0.39 is 0 Å². The van der Waals surface area contributed by atoms with Crippen LogP contribution in [0.5, 0.6) is 0 Å². The van der Waals surface area contributed by atoms with Crippen LogP contribution in [0, 0.1) is 0 Å². The molecule has 0 spiro atoms. The van der Waals surface area contributed by atoms with Gasteiger partial charge in [0.05, 0.1) is 11.5 Å². The Morgan fingerprint density at radius 3 is 2.07 bits per heavy atom. The fraction of sp³-hybridized carbons (Fsp3) is 0.622. The van der Waals surface area contributed by atoms with Gasteiger partial charge in [-0.15, -0.1) is 11.3 Å². The van der Waals surface area contributed by atoms with E-state index in [9.17, 15) is 0 Å². The van der Waals surface area contributed by atoms with Gasteiger partial charge in [-0.2, -0.15) is 0 Å². The van der Waals surface area contributed by atoms with E-state index in [0.29, 0.717) is 39.5 Å². The minimum Gasteiger partial charge on any atom is -0.379 e. The van der Waals surface area contributed by atoms with Crippen LogP contribution in [0.15, 0.2) is 48.8 Å². The number of halogens is 1. The Bertz CT molecular complexity index is 1260. The maximum absolute atomic E-state index is 6.97. The number of hydrogen-bond acceptors (Lipinski definition) is 8. The molecule has 254 valence electrons. The summed E-state index contributed by atoms with van der Waals surface area (Å²) in [7, 11) is 0. The molecule has 1 fully saturated rings. The second kappa shape index (κ2) is 20.5. The summed E-state index contributed by atoms with van der Waals surface area (Å²) < 4.78 is 33.1. The van der Waals surface area contributed by atoms with E-state index in [4.69, 9.17) is 35.3 Å². The summed E-state index contributed by atoms with van der Waals surface area (Å²) in [6.07, 6.45) is 10.9. The third kappa shape index (κ3) is 10.8. The third-order valence-electron chi connectivity index (χ3n) is 8.19. The number of nitrogens with zero attached hydrogens (tertiary/aromatic N) is 2. The van der Waals surface area contributed by atoms with Crippen LogP contribution in [-0.4, -0.2) is 67.4 Å². The first-order chi connectivity index (χ1) is 22.6. The van der Waals surface area contributed by atoms with Crippen molar-refractivity contribution in [1.29, 1.82) is 0 Å². The molecule has 0 amide bonds. The number of hydrogen-bond donors (Lipinski definition) is 0. The first-order valence-corrected chi connectivity index (χ1v) is 18.5. The minimum absolute atomic E-state index is 0.288. The number of aromatic nitrogens is 2. The predicted molar refractivity (Wildman–Crippen MR) is 187 cm³/mol. The molecular weight excluding hydrogens is 620 g/mol. The summed E-state index contributed by atoms with van der Waals surface area (Å²) in [6, 6.07) is 12.3. The molecule has 4 rings (SSSR count). The van der Waals surface area contributed by atoms with E-state index >= 15 is 0 Å². The Morgan fingerprint density at radius 2 is 1.39 bits per heavy atom. The second-order valence-corrected chi connectivity index (χ2v) is 13.5. The van der Waals surface area contributed by atoms with Crippen molar-refractivity contribution >= 4 is 22.9 Å². The van der Waals surface area contributed by atoms with Gasteiger partial charge in [0.15, 0.2) is 5.82 Å². The van der Waals surface area contributed by atoms with Gasteiger partial charge in [0.2, 0.25) is 0 Å². The molecule has 3 unspecified atom stereocenters. The molecule has 3 aromatic rings. The molecule has 2 aromatic heterocycles. The van der Waals surface area contributed by atoms with Crippen molar-refractivity contribution in [3.63, 3.8) is 0 Å². The maximum atomic E-state index is 6.97. The molecule has 1 aliphatic heterocycles. The lowest BCUT2D eigenvalue weighted by molar-refractivity contribution is -0.268. The molecular formula is C37H53ClN2O5S. The number of benzene rings is 1. The number of unbranched alkanes of at least 4 members (excludes halogenated alkanes) is 4. The molecule has 0 N–H and O–H groups in total. The molecule has 5 atom stereocenters. The lowest BCUT2D eigenvalue weighted by Gasteiger charge is -2.46. The van der Waals surface area contributed by atoms with Crippen LogP contribution in [-0.2, 0) is 30.1 Å². The standard InChI is InChI=1S/C37H53ClN2O5S/c1-5-9-20-41-26-31-34(42-21-10-6-2)36(44-23-12-8-4)35(43-22-11-7-3)33(45-31)27-14-16-30(38)28(24-27)25-29-15-17-32(46-29)37-39-18-13-19-40-37/h13-19,24,31,33-36H,5-12,20-23,25-26H2,1-4H3/t31?,33?,34-,35+,36?/m1/s1. The SMILES string of the molecule is CCCCOCC1OC(c2ccc(Cl)c(Cc3ccc(-c4ncccn4)s3)c2)[C@H](OCCCC)C(OCCCC)[C@@H]1OCCCC. The zero-order valence-electron chi connectivity index (χ0n) is 28.1. The Balaban J connectivity index is 1.65. The van der Waals surface area contributed by atoms with Gasteiger partial charge in [0, 0.05) is 55.1 Å². The normalized spacial score (nSPS) is 21.5. The molecule has 1 saturated heterocycles. The molecule has 0 aliphatic carbocycles. The van der Waals surface area contributed by atoms with Crippen molar-refractivity contribution in [2.45, 2.75) is 116 Å². The topological polar surface area (TPSA) is 71.9 Å². The van der Waals surface area contributed by atoms with Gasteiger partial charge in [0.25, 0.3) is 0 Å². The molecule has 0 bridgehead atoms. The average molecular weight is 673 g/mol. The minimum atomic E-state index is -0.359. The van der Waals surface area contributed by atoms with E-state index in [1.54, 1.807) is 23.7 Å². The van der Waals surface area contributed by atoms with Gasteiger partial charge in [-0.3, -0.25) is 0 Å². The van der Waals surface area contributed by atoms with Gasteiger partial charge in [-0.1, -0.05) is 77.1 Å². The molecule has 0 radical (unpaired) electrons. The highest BCUT2D eigenvalue weighted by Gasteiger charge is 2.48. The van der Waals surface area contributed by atoms with Gasteiger partial charge in [0.1, 0.15) is 30.5 Å². The molecule has 9 heteroatoms. The molecule has 1 aliphatic rings. The highest BCUT2D eigenvalue weighted by atomic mass is 35.5. The highest BCUT2D eigenvalue weighted by molar-refractivity contribution is 7.15. The molecule has 46 heavy (non-hydrogen) atoms. The van der Waals surface area contributed by atoms with E-state index in [1.165, 1.54) is 4.88 Å². The van der Waals surface area contributed by atoms with E-state index in [0.717, 1.165) is 78.2 Å². The van der Waals surface area contributed by atoms with E-state index in [2.05, 4.69) is 61.9 Å². The summed E-state index contributed by atoms with van der Waals surface area (Å²) in [5, 5.41) is 0.727. The van der Waals surface area contributed by atoms with Crippen LogP contribution in [0.4, 0.5) is 0 Å². The molecule has 7 nitrogen and oxygen atoms in total. The third-order valence-corrected chi connectivity index (χ3v) is 9.64. The van der Waals surface area contributed by atoms with Crippen molar-refractivity contribution in [1.82, 2.24) is 9.97 Å². The van der Waals surface area contributed by atoms with Gasteiger partial charge in [-0.25, -0.2) is 9.97 Å². The first-order valence-electron chi connectivity index (χ1n) is 17.3. The molecule has 0 saturated carbocycles. The Labute approximate surface area is 285 Å². The fourth-order valence-corrected chi connectivity index (χ4v) is 6.71. The van der Waals surface area contributed by atoms with Gasteiger partial charge >= 0.3 is 0 Å². The smallest absolute Gasteiger partial charge is 0.169 e. The Kier molecular flexibility index (Phi) is 16.4. The summed E-state index contributed by atoms with van der Waals surface area (Å²) in [5.74, 6) is 0.735. The van der Waals surface area contributed by atoms with Crippen LogP contribution in [0.25, 0.3) is 10.7 Å². The number of rotatable bonds is 21. The Hall–Kier alpha value is -1.91. The largest absolute Gasteiger partial charge is 0.379 e. The average Bonchev–Trinajstić information content (AvgIpc) is 3.55. The number of thiophene rings is 1. The van der Waals surface area contributed by atoms with Crippen LogP contribution in [0.3, 0.4) is 0 Å². The van der Waals surface area contributed by atoms with Crippen molar-refractivity contribution in [3.05, 3.63) is 69.8 Å².